The Bertz CT molecular complexity index is 1720. The third kappa shape index (κ3) is 4.71. The standard InChI is InChI=1S/C35H31BrN2O3/c1-34(2,3)41-33(40)38-21-23(32-30(36)18-11-19-31(32)38)20-25(22-39)37-35(24-12-5-4-6-13-24)28-16-9-7-14-26(28)27-15-8-10-17-29(27)35/h4-19,21-22,25,37H,20H2,1-3H3/t25-/m1/s1. The van der Waals surface area contributed by atoms with Gasteiger partial charge in [0.15, 0.2) is 0 Å². The largest absolute Gasteiger partial charge is 0.443 e. The second kappa shape index (κ2) is 10.4. The fourth-order valence-electron chi connectivity index (χ4n) is 6.06. The molecule has 0 unspecified atom stereocenters. The average Bonchev–Trinajstić information content (AvgIpc) is 3.48. The number of hydrogen-bond donors (Lipinski definition) is 1. The molecule has 0 saturated heterocycles. The third-order valence-corrected chi connectivity index (χ3v) is 8.27. The second-order valence-corrected chi connectivity index (χ2v) is 12.3. The van der Waals surface area contributed by atoms with E-state index in [1.807, 2.05) is 69.3 Å². The summed E-state index contributed by atoms with van der Waals surface area (Å²) in [6.45, 7) is 5.54. The van der Waals surface area contributed by atoms with Gasteiger partial charge in [0, 0.05) is 16.1 Å². The summed E-state index contributed by atoms with van der Waals surface area (Å²) >= 11 is 3.69. The topological polar surface area (TPSA) is 60.3 Å². The van der Waals surface area contributed by atoms with Gasteiger partial charge in [-0.25, -0.2) is 4.79 Å². The van der Waals surface area contributed by atoms with Crippen molar-refractivity contribution < 1.29 is 14.3 Å². The number of carbonyl (C=O) groups is 2. The molecular formula is C35H31BrN2O3. The van der Waals surface area contributed by atoms with Crippen LogP contribution in [0.15, 0.2) is 108 Å². The number of rotatable bonds is 6. The first-order valence-electron chi connectivity index (χ1n) is 13.7. The molecule has 1 N–H and O–H groups in total. The molecule has 6 heteroatoms. The monoisotopic (exact) mass is 606 g/mol. The minimum Gasteiger partial charge on any atom is -0.443 e. The van der Waals surface area contributed by atoms with Crippen LogP contribution in [0, 0.1) is 0 Å². The highest BCUT2D eigenvalue weighted by Crippen LogP contribution is 2.51. The van der Waals surface area contributed by atoms with Gasteiger partial charge in [0.25, 0.3) is 0 Å². The van der Waals surface area contributed by atoms with Gasteiger partial charge in [0.2, 0.25) is 0 Å². The summed E-state index contributed by atoms with van der Waals surface area (Å²) in [6, 6.07) is 32.2. The lowest BCUT2D eigenvalue weighted by Crippen LogP contribution is -2.50. The second-order valence-electron chi connectivity index (χ2n) is 11.4. The lowest BCUT2D eigenvalue weighted by molar-refractivity contribution is -0.109. The van der Waals surface area contributed by atoms with Crippen LogP contribution < -0.4 is 5.32 Å². The highest BCUT2D eigenvalue weighted by atomic mass is 79.9. The number of fused-ring (bicyclic) bond motifs is 4. The molecular weight excluding hydrogens is 576 g/mol. The van der Waals surface area contributed by atoms with Gasteiger partial charge in [-0.3, -0.25) is 9.88 Å². The van der Waals surface area contributed by atoms with E-state index < -0.39 is 23.3 Å². The average molecular weight is 608 g/mol. The maximum atomic E-state index is 13.2. The van der Waals surface area contributed by atoms with Crippen LogP contribution in [0.5, 0.6) is 0 Å². The highest BCUT2D eigenvalue weighted by Gasteiger charge is 2.45. The summed E-state index contributed by atoms with van der Waals surface area (Å²) in [7, 11) is 0. The Balaban J connectivity index is 1.47. The number of halogens is 1. The molecule has 1 atom stereocenters. The molecule has 0 aliphatic heterocycles. The van der Waals surface area contributed by atoms with Crippen LogP contribution >= 0.6 is 15.9 Å². The molecule has 0 bridgehead atoms. The van der Waals surface area contributed by atoms with E-state index in [1.165, 1.54) is 4.57 Å². The Labute approximate surface area is 248 Å². The number of nitrogens with one attached hydrogen (secondary N) is 1. The summed E-state index contributed by atoms with van der Waals surface area (Å²) in [6.07, 6.45) is 2.69. The Kier molecular flexibility index (Phi) is 6.92. The zero-order valence-electron chi connectivity index (χ0n) is 23.2. The summed E-state index contributed by atoms with van der Waals surface area (Å²) < 4.78 is 8.09. The third-order valence-electron chi connectivity index (χ3n) is 7.61. The molecule has 206 valence electrons. The highest BCUT2D eigenvalue weighted by molar-refractivity contribution is 9.10. The smallest absolute Gasteiger partial charge is 0.419 e. The van der Waals surface area contributed by atoms with E-state index in [0.717, 1.165) is 55.0 Å². The number of aldehydes is 1. The van der Waals surface area contributed by atoms with Gasteiger partial charge >= 0.3 is 6.09 Å². The van der Waals surface area contributed by atoms with Gasteiger partial charge in [0.05, 0.1) is 17.1 Å². The Morgan fingerprint density at radius 1 is 0.902 bits per heavy atom. The summed E-state index contributed by atoms with van der Waals surface area (Å²) in [5.74, 6) is 0. The molecule has 0 saturated carbocycles. The van der Waals surface area contributed by atoms with E-state index in [1.54, 1.807) is 6.20 Å². The molecule has 6 rings (SSSR count). The molecule has 4 aromatic carbocycles. The predicted molar refractivity (Wildman–Crippen MR) is 166 cm³/mol. The van der Waals surface area contributed by atoms with E-state index in [2.05, 4.69) is 69.8 Å². The van der Waals surface area contributed by atoms with Crippen LogP contribution in [-0.4, -0.2) is 28.6 Å². The van der Waals surface area contributed by atoms with Crippen molar-refractivity contribution in [2.24, 2.45) is 0 Å². The molecule has 0 spiro atoms. The zero-order valence-corrected chi connectivity index (χ0v) is 24.8. The normalized spacial score (nSPS) is 14.3. The van der Waals surface area contributed by atoms with Crippen molar-refractivity contribution >= 4 is 39.2 Å². The van der Waals surface area contributed by atoms with Crippen molar-refractivity contribution in [2.45, 2.75) is 44.4 Å². The number of hydrogen-bond acceptors (Lipinski definition) is 4. The van der Waals surface area contributed by atoms with Gasteiger partial charge in [0.1, 0.15) is 11.9 Å². The van der Waals surface area contributed by atoms with Gasteiger partial charge in [-0.1, -0.05) is 101 Å². The minimum atomic E-state index is -0.735. The first-order chi connectivity index (χ1) is 19.7. The summed E-state index contributed by atoms with van der Waals surface area (Å²) in [4.78, 5) is 26.1. The van der Waals surface area contributed by atoms with Crippen molar-refractivity contribution in [3.05, 3.63) is 130 Å². The molecule has 0 amide bonds. The van der Waals surface area contributed by atoms with Crippen molar-refractivity contribution in [3.8, 4) is 11.1 Å². The van der Waals surface area contributed by atoms with E-state index in [4.69, 9.17) is 4.74 Å². The van der Waals surface area contributed by atoms with Crippen molar-refractivity contribution in [1.29, 1.82) is 0 Å². The molecule has 0 fully saturated rings. The van der Waals surface area contributed by atoms with E-state index in [-0.39, 0.29) is 0 Å². The number of ether oxygens (including phenoxy) is 1. The SMILES string of the molecule is CC(C)(C)OC(=O)n1cc(C[C@H](C=O)NC2(c3ccccc3)c3ccccc3-c3ccccc32)c2c(Br)cccc21. The summed E-state index contributed by atoms with van der Waals surface area (Å²) in [5, 5.41) is 4.69. The first kappa shape index (κ1) is 27.2. The van der Waals surface area contributed by atoms with Gasteiger partial charge < -0.3 is 9.53 Å². The summed E-state index contributed by atoms with van der Waals surface area (Å²) in [5.41, 5.74) is 5.78. The van der Waals surface area contributed by atoms with E-state index >= 15 is 0 Å². The first-order valence-corrected chi connectivity index (χ1v) is 14.5. The van der Waals surface area contributed by atoms with Crippen molar-refractivity contribution in [1.82, 2.24) is 9.88 Å². The van der Waals surface area contributed by atoms with Crippen molar-refractivity contribution in [2.75, 3.05) is 0 Å². The van der Waals surface area contributed by atoms with Crippen molar-refractivity contribution in [3.63, 3.8) is 0 Å². The maximum absolute atomic E-state index is 13.2. The molecule has 41 heavy (non-hydrogen) atoms. The maximum Gasteiger partial charge on any atom is 0.419 e. The molecule has 5 nitrogen and oxygen atoms in total. The molecule has 1 aliphatic rings. The quantitative estimate of drug-likeness (QED) is 0.200. The predicted octanol–water partition coefficient (Wildman–Crippen LogP) is 7.86. The molecule has 1 heterocycles. The number of aromatic nitrogens is 1. The lowest BCUT2D eigenvalue weighted by Gasteiger charge is -2.36. The molecule has 5 aromatic rings. The van der Waals surface area contributed by atoms with E-state index in [9.17, 15) is 9.59 Å². The van der Waals surface area contributed by atoms with Gasteiger partial charge in [-0.05, 0) is 72.7 Å². The Morgan fingerprint density at radius 2 is 1.51 bits per heavy atom. The fraction of sp³-hybridized carbons (Fsp3) is 0.200. The molecule has 0 radical (unpaired) electrons. The van der Waals surface area contributed by atoms with Crippen LogP contribution in [0.2, 0.25) is 0 Å². The number of nitrogens with zero attached hydrogens (tertiary/aromatic N) is 1. The minimum absolute atomic E-state index is 0.372. The van der Waals surface area contributed by atoms with Crippen LogP contribution in [0.4, 0.5) is 4.79 Å². The zero-order chi connectivity index (χ0) is 28.8. The number of carbonyl (C=O) groups excluding carboxylic acids is 2. The van der Waals surface area contributed by atoms with Crippen LogP contribution in [-0.2, 0) is 21.5 Å². The fourth-order valence-corrected chi connectivity index (χ4v) is 6.67. The van der Waals surface area contributed by atoms with Gasteiger partial charge in [-0.15, -0.1) is 0 Å². The number of benzene rings is 4. The molecule has 1 aliphatic carbocycles. The Morgan fingerprint density at radius 3 is 2.12 bits per heavy atom. The molecule has 1 aromatic heterocycles. The van der Waals surface area contributed by atoms with Crippen LogP contribution in [0.3, 0.4) is 0 Å². The van der Waals surface area contributed by atoms with Crippen LogP contribution in [0.25, 0.3) is 22.0 Å². The van der Waals surface area contributed by atoms with Gasteiger partial charge in [-0.2, -0.15) is 0 Å². The van der Waals surface area contributed by atoms with E-state index in [0.29, 0.717) is 6.42 Å². The van der Waals surface area contributed by atoms with Crippen LogP contribution in [0.1, 0.15) is 43.0 Å². The lowest BCUT2D eigenvalue weighted by atomic mass is 9.79. The Hall–Kier alpha value is -4.00.